The highest BCUT2D eigenvalue weighted by Crippen LogP contribution is 2.37. The summed E-state index contributed by atoms with van der Waals surface area (Å²) in [5.41, 5.74) is 1.56. The number of rotatable bonds is 1. The molecular weight excluding hydrogens is 408 g/mol. The molecule has 0 saturated carbocycles. The van der Waals surface area contributed by atoms with Gasteiger partial charge in [0.1, 0.15) is 6.33 Å². The van der Waals surface area contributed by atoms with Crippen molar-refractivity contribution in [2.24, 2.45) is 7.05 Å². The molecule has 0 aliphatic heterocycles. The molecule has 0 aliphatic rings. The van der Waals surface area contributed by atoms with E-state index in [0.29, 0.717) is 5.82 Å². The van der Waals surface area contributed by atoms with E-state index in [1.807, 2.05) is 13.1 Å². The van der Waals surface area contributed by atoms with Gasteiger partial charge in [-0.3, -0.25) is 4.68 Å². The maximum absolute atomic E-state index is 4.61. The molecule has 6 nitrogen and oxygen atoms in total. The minimum absolute atomic E-state index is 0.680. The average Bonchev–Trinajstić information content (AvgIpc) is 3.08. The molecule has 20 heavy (non-hydrogen) atoms. The van der Waals surface area contributed by atoms with Crippen LogP contribution in [-0.2, 0) is 7.05 Å². The molecular formula is C11H6Br2N6S. The second-order valence-corrected chi connectivity index (χ2v) is 7.41. The zero-order valence-corrected chi connectivity index (χ0v) is 14.1. The van der Waals surface area contributed by atoms with Crippen LogP contribution in [-0.4, -0.2) is 29.4 Å². The fourth-order valence-corrected chi connectivity index (χ4v) is 3.96. The molecule has 4 aromatic heterocycles. The topological polar surface area (TPSA) is 60.9 Å². The first-order chi connectivity index (χ1) is 9.63. The van der Waals surface area contributed by atoms with E-state index >= 15 is 0 Å². The first-order valence-corrected chi connectivity index (χ1v) is 8.02. The number of aromatic nitrogens is 6. The van der Waals surface area contributed by atoms with E-state index in [2.05, 4.69) is 52.0 Å². The lowest BCUT2D eigenvalue weighted by Crippen LogP contribution is -1.94. The molecule has 4 heterocycles. The van der Waals surface area contributed by atoms with Gasteiger partial charge in [-0.05, 0) is 37.9 Å². The Hall–Kier alpha value is -1.32. The maximum atomic E-state index is 4.61. The third kappa shape index (κ3) is 1.73. The Bertz CT molecular complexity index is 933. The van der Waals surface area contributed by atoms with Gasteiger partial charge in [-0.25, -0.2) is 14.5 Å². The first-order valence-electron chi connectivity index (χ1n) is 5.62. The molecule has 0 spiro atoms. The smallest absolute Gasteiger partial charge is 0.192 e. The highest BCUT2D eigenvalue weighted by atomic mass is 79.9. The lowest BCUT2D eigenvalue weighted by molar-refractivity contribution is 0.783. The van der Waals surface area contributed by atoms with Gasteiger partial charge in [-0.2, -0.15) is 5.10 Å². The molecule has 4 rings (SSSR count). The van der Waals surface area contributed by atoms with E-state index in [4.69, 9.17) is 0 Å². The van der Waals surface area contributed by atoms with Crippen molar-refractivity contribution in [2.75, 3.05) is 0 Å². The molecule has 0 saturated heterocycles. The van der Waals surface area contributed by atoms with Crippen molar-refractivity contribution in [3.8, 4) is 10.7 Å². The summed E-state index contributed by atoms with van der Waals surface area (Å²) in [6, 6.07) is 2.00. The van der Waals surface area contributed by atoms with Crippen molar-refractivity contribution in [2.45, 2.75) is 0 Å². The molecule has 0 atom stereocenters. The van der Waals surface area contributed by atoms with Crippen LogP contribution in [0.2, 0.25) is 0 Å². The molecule has 0 amide bonds. The molecule has 100 valence electrons. The van der Waals surface area contributed by atoms with E-state index < -0.39 is 0 Å². The van der Waals surface area contributed by atoms with Crippen LogP contribution in [0.5, 0.6) is 0 Å². The monoisotopic (exact) mass is 412 g/mol. The minimum atomic E-state index is 0.680. The number of halogens is 2. The molecule has 4 aromatic rings. The lowest BCUT2D eigenvalue weighted by Gasteiger charge is -1.93. The van der Waals surface area contributed by atoms with Gasteiger partial charge in [0.25, 0.3) is 0 Å². The van der Waals surface area contributed by atoms with Crippen LogP contribution in [0.15, 0.2) is 26.8 Å². The number of thiophene rings is 1. The summed E-state index contributed by atoms with van der Waals surface area (Å²) >= 11 is 8.54. The van der Waals surface area contributed by atoms with E-state index in [-0.39, 0.29) is 0 Å². The highest BCUT2D eigenvalue weighted by Gasteiger charge is 2.14. The van der Waals surface area contributed by atoms with Crippen LogP contribution in [0.25, 0.3) is 27.4 Å². The molecule has 0 bridgehead atoms. The fraction of sp³-hybridized carbons (Fsp3) is 0.0909. The number of nitrogens with zero attached hydrogens (tertiary/aromatic N) is 6. The Morgan fingerprint density at radius 1 is 1.25 bits per heavy atom. The normalized spacial score (nSPS) is 11.8. The molecule has 0 aliphatic carbocycles. The Balaban J connectivity index is 2.00. The summed E-state index contributed by atoms with van der Waals surface area (Å²) in [5, 5.41) is 9.57. The van der Waals surface area contributed by atoms with Gasteiger partial charge in [0, 0.05) is 11.5 Å². The second-order valence-electron chi connectivity index (χ2n) is 4.19. The Morgan fingerprint density at radius 3 is 2.85 bits per heavy atom. The van der Waals surface area contributed by atoms with Gasteiger partial charge in [-0.15, -0.1) is 16.4 Å². The zero-order chi connectivity index (χ0) is 13.9. The van der Waals surface area contributed by atoms with E-state index in [1.54, 1.807) is 33.1 Å². The Morgan fingerprint density at radius 2 is 2.10 bits per heavy atom. The van der Waals surface area contributed by atoms with Gasteiger partial charge >= 0.3 is 0 Å². The minimum Gasteiger partial charge on any atom is -0.250 e. The largest absolute Gasteiger partial charge is 0.250 e. The summed E-state index contributed by atoms with van der Waals surface area (Å²) in [7, 11) is 1.86. The quantitative estimate of drug-likeness (QED) is 0.480. The summed E-state index contributed by atoms with van der Waals surface area (Å²) < 4.78 is 5.43. The Kier molecular flexibility index (Phi) is 2.69. The van der Waals surface area contributed by atoms with Crippen LogP contribution >= 0.6 is 43.2 Å². The molecule has 0 unspecified atom stereocenters. The zero-order valence-electron chi connectivity index (χ0n) is 10.1. The first kappa shape index (κ1) is 12.4. The summed E-state index contributed by atoms with van der Waals surface area (Å²) in [5.74, 6) is 0.680. The SMILES string of the molecule is Cn1ncc2c1ncn1nc(-c3cc(Br)c(Br)s3)nc21. The molecule has 0 radical (unpaired) electrons. The highest BCUT2D eigenvalue weighted by molar-refractivity contribution is 9.13. The molecule has 0 aromatic carbocycles. The van der Waals surface area contributed by atoms with Gasteiger partial charge in [0.15, 0.2) is 17.1 Å². The number of hydrogen-bond donors (Lipinski definition) is 0. The van der Waals surface area contributed by atoms with Crippen molar-refractivity contribution >= 4 is 59.9 Å². The van der Waals surface area contributed by atoms with Crippen molar-refractivity contribution in [1.82, 2.24) is 29.4 Å². The second kappa shape index (κ2) is 4.34. The lowest BCUT2D eigenvalue weighted by atomic mass is 10.4. The van der Waals surface area contributed by atoms with Crippen LogP contribution < -0.4 is 0 Å². The van der Waals surface area contributed by atoms with E-state index in [9.17, 15) is 0 Å². The summed E-state index contributed by atoms with van der Waals surface area (Å²) in [6.45, 7) is 0. The van der Waals surface area contributed by atoms with Gasteiger partial charge in [0.05, 0.1) is 20.2 Å². The molecule has 9 heteroatoms. The van der Waals surface area contributed by atoms with E-state index in [0.717, 1.165) is 29.8 Å². The fourth-order valence-electron chi connectivity index (χ4n) is 2.00. The molecule has 0 N–H and O–H groups in total. The predicted octanol–water partition coefficient (Wildman–Crippen LogP) is 3.26. The van der Waals surface area contributed by atoms with Gasteiger partial charge < -0.3 is 0 Å². The maximum Gasteiger partial charge on any atom is 0.192 e. The van der Waals surface area contributed by atoms with Gasteiger partial charge in [-0.1, -0.05) is 0 Å². The predicted molar refractivity (Wildman–Crippen MR) is 83.8 cm³/mol. The van der Waals surface area contributed by atoms with Crippen LogP contribution in [0.4, 0.5) is 0 Å². The number of hydrogen-bond acceptors (Lipinski definition) is 5. The van der Waals surface area contributed by atoms with Crippen LogP contribution in [0.3, 0.4) is 0 Å². The van der Waals surface area contributed by atoms with Gasteiger partial charge in [0.2, 0.25) is 0 Å². The summed E-state index contributed by atoms with van der Waals surface area (Å²) in [4.78, 5) is 9.94. The summed E-state index contributed by atoms with van der Waals surface area (Å²) in [6.07, 6.45) is 3.42. The number of aryl methyl sites for hydroxylation is 1. The number of fused-ring (bicyclic) bond motifs is 3. The van der Waals surface area contributed by atoms with Crippen LogP contribution in [0, 0.1) is 0 Å². The molecule has 0 fully saturated rings. The van der Waals surface area contributed by atoms with E-state index in [1.165, 1.54) is 0 Å². The van der Waals surface area contributed by atoms with Crippen LogP contribution in [0.1, 0.15) is 0 Å². The standard InChI is InChI=1S/C11H6Br2N6S/c1-18-10-5(3-15-18)11-16-9(17-19(11)4-14-10)7-2-6(12)8(13)20-7/h2-4H,1H3. The van der Waals surface area contributed by atoms with Crippen molar-refractivity contribution < 1.29 is 0 Å². The van der Waals surface area contributed by atoms with Crippen molar-refractivity contribution in [3.05, 3.63) is 26.8 Å². The average molecular weight is 414 g/mol. The third-order valence-electron chi connectivity index (χ3n) is 2.93. The Labute approximate surface area is 133 Å². The van der Waals surface area contributed by atoms with Crippen molar-refractivity contribution in [3.63, 3.8) is 0 Å². The third-order valence-corrected chi connectivity index (χ3v) is 6.19. The van der Waals surface area contributed by atoms with Crippen molar-refractivity contribution in [1.29, 1.82) is 0 Å².